The van der Waals surface area contributed by atoms with Gasteiger partial charge in [-0.3, -0.25) is 9.59 Å². The summed E-state index contributed by atoms with van der Waals surface area (Å²) in [5.74, 6) is -0.198. The van der Waals surface area contributed by atoms with Crippen LogP contribution < -0.4 is 4.74 Å². The van der Waals surface area contributed by atoms with Crippen LogP contribution in [-0.2, 0) is 20.7 Å². The zero-order valence-electron chi connectivity index (χ0n) is 17.3. The fourth-order valence-corrected chi connectivity index (χ4v) is 4.54. The van der Waals surface area contributed by atoms with Crippen LogP contribution in [0, 0.1) is 5.82 Å². The zero-order valence-corrected chi connectivity index (χ0v) is 18.1. The summed E-state index contributed by atoms with van der Waals surface area (Å²) in [7, 11) is 1.61. The molecule has 0 saturated carbocycles. The first kappa shape index (κ1) is 22.2. The number of benzene rings is 1. The second kappa shape index (κ2) is 10.5. The fourth-order valence-electron chi connectivity index (χ4n) is 3.61. The molecule has 1 aliphatic heterocycles. The number of carbonyl (C=O) groups is 2. The van der Waals surface area contributed by atoms with E-state index in [1.54, 1.807) is 40.4 Å². The standard InChI is InChI=1S/C22H27FN2O4S/c1-16(26)24(9-4-11-28-2)14-22(27)25-10-7-21-19(8-12-30-21)20(25)15-29-18-6-3-5-17(23)13-18/h3,5-6,8,12-13,20H,4,7,9-11,14-15H2,1-2H3/t20-/m1/s1. The normalized spacial score (nSPS) is 15.6. The SMILES string of the molecule is COCCCN(CC(=O)N1CCc2sccc2[C@H]1COc1cccc(F)c1)C(C)=O. The van der Waals surface area contributed by atoms with Crippen LogP contribution in [0.4, 0.5) is 4.39 Å². The van der Waals surface area contributed by atoms with Gasteiger partial charge in [0, 0.05) is 44.7 Å². The highest BCUT2D eigenvalue weighted by atomic mass is 32.1. The van der Waals surface area contributed by atoms with Gasteiger partial charge in [0.1, 0.15) is 18.2 Å². The maximum atomic E-state index is 13.5. The first-order valence-corrected chi connectivity index (χ1v) is 10.9. The van der Waals surface area contributed by atoms with E-state index >= 15 is 0 Å². The van der Waals surface area contributed by atoms with Crippen molar-refractivity contribution < 1.29 is 23.5 Å². The minimum absolute atomic E-state index is 0.0228. The molecule has 3 rings (SSSR count). The molecule has 0 N–H and O–H groups in total. The Bertz CT molecular complexity index is 872. The van der Waals surface area contributed by atoms with Crippen LogP contribution in [0.15, 0.2) is 35.7 Å². The molecule has 2 aromatic rings. The van der Waals surface area contributed by atoms with Crippen molar-refractivity contribution in [2.75, 3.05) is 40.0 Å². The van der Waals surface area contributed by atoms with Gasteiger partial charge in [-0.05, 0) is 42.0 Å². The van der Waals surface area contributed by atoms with E-state index in [2.05, 4.69) is 0 Å². The summed E-state index contributed by atoms with van der Waals surface area (Å²) in [4.78, 5) is 29.7. The van der Waals surface area contributed by atoms with Crippen LogP contribution in [0.2, 0.25) is 0 Å². The Morgan fingerprint density at radius 1 is 1.33 bits per heavy atom. The third kappa shape index (κ3) is 5.58. The van der Waals surface area contributed by atoms with Crippen LogP contribution in [0.25, 0.3) is 0 Å². The lowest BCUT2D eigenvalue weighted by atomic mass is 10.0. The summed E-state index contributed by atoms with van der Waals surface area (Å²) >= 11 is 1.67. The highest BCUT2D eigenvalue weighted by Crippen LogP contribution is 2.34. The number of hydrogen-bond acceptors (Lipinski definition) is 5. The van der Waals surface area contributed by atoms with Gasteiger partial charge >= 0.3 is 0 Å². The van der Waals surface area contributed by atoms with Crippen molar-refractivity contribution in [2.45, 2.75) is 25.8 Å². The summed E-state index contributed by atoms with van der Waals surface area (Å²) in [6.45, 7) is 3.28. The van der Waals surface area contributed by atoms with Gasteiger partial charge in [-0.15, -0.1) is 11.3 Å². The van der Waals surface area contributed by atoms with Crippen LogP contribution >= 0.6 is 11.3 Å². The third-order valence-corrected chi connectivity index (χ3v) is 6.16. The first-order chi connectivity index (χ1) is 14.5. The number of nitrogens with zero attached hydrogens (tertiary/aromatic N) is 2. The molecule has 6 nitrogen and oxygen atoms in total. The van der Waals surface area contributed by atoms with Crippen LogP contribution in [-0.4, -0.2) is 61.6 Å². The lowest BCUT2D eigenvalue weighted by molar-refractivity contribution is -0.142. The van der Waals surface area contributed by atoms with E-state index in [1.165, 1.54) is 23.9 Å². The molecule has 1 atom stereocenters. The molecule has 0 unspecified atom stereocenters. The van der Waals surface area contributed by atoms with E-state index in [9.17, 15) is 14.0 Å². The van der Waals surface area contributed by atoms with Crippen molar-refractivity contribution >= 4 is 23.2 Å². The molecule has 0 spiro atoms. The van der Waals surface area contributed by atoms with Gasteiger partial charge in [-0.2, -0.15) is 0 Å². The summed E-state index contributed by atoms with van der Waals surface area (Å²) in [6, 6.07) is 7.72. The number of thiophene rings is 1. The highest BCUT2D eigenvalue weighted by Gasteiger charge is 2.33. The Hall–Kier alpha value is -2.45. The van der Waals surface area contributed by atoms with Crippen molar-refractivity contribution in [1.82, 2.24) is 9.80 Å². The Labute approximate surface area is 180 Å². The van der Waals surface area contributed by atoms with Crippen LogP contribution in [0.5, 0.6) is 5.75 Å². The molecule has 8 heteroatoms. The molecule has 1 aromatic heterocycles. The number of rotatable bonds is 9. The molecule has 2 amide bonds. The average molecular weight is 435 g/mol. The van der Waals surface area contributed by atoms with E-state index in [-0.39, 0.29) is 36.8 Å². The Morgan fingerprint density at radius 3 is 2.90 bits per heavy atom. The molecular weight excluding hydrogens is 407 g/mol. The molecule has 2 heterocycles. The van der Waals surface area contributed by atoms with Gasteiger partial charge in [0.25, 0.3) is 0 Å². The second-order valence-electron chi connectivity index (χ2n) is 7.21. The average Bonchev–Trinajstić information content (AvgIpc) is 3.20. The van der Waals surface area contributed by atoms with Crippen molar-refractivity contribution in [1.29, 1.82) is 0 Å². The Balaban J connectivity index is 1.72. The molecule has 0 bridgehead atoms. The highest BCUT2D eigenvalue weighted by molar-refractivity contribution is 7.10. The van der Waals surface area contributed by atoms with Crippen molar-refractivity contribution in [2.24, 2.45) is 0 Å². The topological polar surface area (TPSA) is 59.1 Å². The molecule has 0 fully saturated rings. The number of methoxy groups -OCH3 is 1. The molecule has 1 aliphatic rings. The summed E-state index contributed by atoms with van der Waals surface area (Å²) in [5, 5.41) is 2.01. The maximum absolute atomic E-state index is 13.5. The van der Waals surface area contributed by atoms with E-state index < -0.39 is 0 Å². The van der Waals surface area contributed by atoms with E-state index in [0.29, 0.717) is 31.9 Å². The molecule has 0 aliphatic carbocycles. The van der Waals surface area contributed by atoms with Gasteiger partial charge < -0.3 is 19.3 Å². The van der Waals surface area contributed by atoms with Crippen LogP contribution in [0.3, 0.4) is 0 Å². The number of halogens is 1. The largest absolute Gasteiger partial charge is 0.491 e. The quantitative estimate of drug-likeness (QED) is 0.569. The van der Waals surface area contributed by atoms with E-state index in [0.717, 1.165) is 12.0 Å². The predicted octanol–water partition coefficient (Wildman–Crippen LogP) is 3.28. The van der Waals surface area contributed by atoms with Crippen LogP contribution in [0.1, 0.15) is 29.8 Å². The summed E-state index contributed by atoms with van der Waals surface area (Å²) < 4.78 is 24.4. The molecule has 0 radical (unpaired) electrons. The van der Waals surface area contributed by atoms with Crippen molar-refractivity contribution in [3.63, 3.8) is 0 Å². The fraction of sp³-hybridized carbons (Fsp3) is 0.455. The first-order valence-electron chi connectivity index (χ1n) is 9.98. The van der Waals surface area contributed by atoms with Gasteiger partial charge in [-0.1, -0.05) is 6.07 Å². The number of carbonyl (C=O) groups excluding carboxylic acids is 2. The smallest absolute Gasteiger partial charge is 0.242 e. The lowest BCUT2D eigenvalue weighted by Gasteiger charge is -2.37. The van der Waals surface area contributed by atoms with Crippen molar-refractivity contribution in [3.8, 4) is 5.75 Å². The zero-order chi connectivity index (χ0) is 21.5. The number of fused-ring (bicyclic) bond motifs is 1. The molecule has 162 valence electrons. The molecule has 0 saturated heterocycles. The minimum Gasteiger partial charge on any atom is -0.491 e. The maximum Gasteiger partial charge on any atom is 0.242 e. The molecule has 30 heavy (non-hydrogen) atoms. The lowest BCUT2D eigenvalue weighted by Crippen LogP contribution is -2.47. The third-order valence-electron chi connectivity index (χ3n) is 5.17. The Morgan fingerprint density at radius 2 is 2.17 bits per heavy atom. The Kier molecular flexibility index (Phi) is 7.81. The monoisotopic (exact) mass is 434 g/mol. The summed E-state index contributed by atoms with van der Waals surface area (Å²) in [5.41, 5.74) is 1.06. The number of hydrogen-bond donors (Lipinski definition) is 0. The van der Waals surface area contributed by atoms with Gasteiger partial charge in [0.15, 0.2) is 0 Å². The molecule has 1 aromatic carbocycles. The second-order valence-corrected chi connectivity index (χ2v) is 8.21. The van der Waals surface area contributed by atoms with Crippen molar-refractivity contribution in [3.05, 3.63) is 52.0 Å². The van der Waals surface area contributed by atoms with E-state index in [1.807, 2.05) is 11.4 Å². The number of ether oxygens (including phenoxy) is 2. The predicted molar refractivity (Wildman–Crippen MR) is 113 cm³/mol. The molecular formula is C22H27FN2O4S. The minimum atomic E-state index is -0.367. The van der Waals surface area contributed by atoms with Gasteiger partial charge in [0.2, 0.25) is 11.8 Å². The van der Waals surface area contributed by atoms with Gasteiger partial charge in [0.05, 0.1) is 12.6 Å². The summed E-state index contributed by atoms with van der Waals surface area (Å²) in [6.07, 6.45) is 1.45. The van der Waals surface area contributed by atoms with E-state index in [4.69, 9.17) is 9.47 Å². The number of amides is 2. The van der Waals surface area contributed by atoms with Gasteiger partial charge in [-0.25, -0.2) is 4.39 Å².